The van der Waals surface area contributed by atoms with Crippen LogP contribution in [0.4, 0.5) is 0 Å². The van der Waals surface area contributed by atoms with E-state index in [1.165, 1.54) is 10.5 Å². The Bertz CT molecular complexity index is 193. The van der Waals surface area contributed by atoms with E-state index in [2.05, 4.69) is 47.1 Å². The zero-order valence-corrected chi connectivity index (χ0v) is 9.62. The fourth-order valence-electron chi connectivity index (χ4n) is 1.03. The summed E-state index contributed by atoms with van der Waals surface area (Å²) >= 11 is 5.32. The van der Waals surface area contributed by atoms with Gasteiger partial charge in [-0.25, -0.2) is 0 Å². The van der Waals surface area contributed by atoms with Gasteiger partial charge >= 0.3 is 0 Å². The van der Waals surface area contributed by atoms with E-state index in [0.29, 0.717) is 0 Å². The average molecular weight is 245 g/mol. The summed E-state index contributed by atoms with van der Waals surface area (Å²) in [4.78, 5) is 1.37. The van der Waals surface area contributed by atoms with Crippen LogP contribution in [0.3, 0.4) is 0 Å². The molecule has 0 saturated carbocycles. The molecule has 0 fully saturated rings. The lowest BCUT2D eigenvalue weighted by atomic mass is 10.2. The minimum atomic E-state index is 1.05. The van der Waals surface area contributed by atoms with Crippen LogP contribution in [0, 0.1) is 0 Å². The molecule has 0 nitrogen and oxygen atoms in total. The lowest BCUT2D eigenvalue weighted by Gasteiger charge is -2.00. The second kappa shape index (κ2) is 5.65. The molecule has 12 heavy (non-hydrogen) atoms. The molecule has 0 heterocycles. The van der Waals surface area contributed by atoms with Gasteiger partial charge in [0.25, 0.3) is 0 Å². The molecule has 0 bridgehead atoms. The first-order valence-corrected chi connectivity index (χ1v) is 6.25. The first-order chi connectivity index (χ1) is 5.86. The molecule has 0 N–H and O–H groups in total. The van der Waals surface area contributed by atoms with E-state index < -0.39 is 0 Å². The number of hydrogen-bond donors (Lipinski definition) is 0. The number of thioether (sulfide) groups is 1. The van der Waals surface area contributed by atoms with Crippen LogP contribution in [-0.2, 0) is 6.42 Å². The van der Waals surface area contributed by atoms with Crippen LogP contribution in [0.25, 0.3) is 0 Å². The normalized spacial score (nSPS) is 10.2. The third-order valence-corrected chi connectivity index (χ3v) is 2.91. The lowest BCUT2D eigenvalue weighted by Crippen LogP contribution is -1.84. The van der Waals surface area contributed by atoms with Crippen LogP contribution in [0.1, 0.15) is 12.5 Å². The third-order valence-electron chi connectivity index (χ3n) is 1.62. The molecule has 0 aliphatic rings. The fourth-order valence-corrected chi connectivity index (χ4v) is 2.15. The van der Waals surface area contributed by atoms with Crippen molar-refractivity contribution in [2.45, 2.75) is 18.2 Å². The highest BCUT2D eigenvalue weighted by atomic mass is 79.9. The van der Waals surface area contributed by atoms with Gasteiger partial charge in [-0.3, -0.25) is 0 Å². The molecule has 1 aromatic rings. The van der Waals surface area contributed by atoms with Gasteiger partial charge in [0, 0.05) is 10.2 Å². The summed E-state index contributed by atoms with van der Waals surface area (Å²) in [5.74, 6) is 1.15. The van der Waals surface area contributed by atoms with E-state index in [1.807, 2.05) is 11.8 Å². The van der Waals surface area contributed by atoms with E-state index >= 15 is 0 Å². The van der Waals surface area contributed by atoms with Gasteiger partial charge in [-0.15, -0.1) is 11.8 Å². The van der Waals surface area contributed by atoms with Crippen molar-refractivity contribution in [2.24, 2.45) is 0 Å². The Labute approximate surface area is 86.9 Å². The lowest BCUT2D eigenvalue weighted by molar-refractivity contribution is 1.16. The van der Waals surface area contributed by atoms with Gasteiger partial charge in [-0.05, 0) is 29.9 Å². The van der Waals surface area contributed by atoms with Crippen molar-refractivity contribution in [1.82, 2.24) is 0 Å². The molecule has 66 valence electrons. The van der Waals surface area contributed by atoms with Gasteiger partial charge < -0.3 is 0 Å². The highest BCUT2D eigenvalue weighted by Crippen LogP contribution is 2.17. The predicted octanol–water partition coefficient (Wildman–Crippen LogP) is 3.74. The SMILES string of the molecule is CCSc1ccc(CCBr)cc1. The average Bonchev–Trinajstić information content (AvgIpc) is 2.09. The Hall–Kier alpha value is 0.0500. The topological polar surface area (TPSA) is 0 Å². The maximum atomic E-state index is 3.43. The van der Waals surface area contributed by atoms with Crippen molar-refractivity contribution in [3.05, 3.63) is 29.8 Å². The van der Waals surface area contributed by atoms with Gasteiger partial charge in [0.05, 0.1) is 0 Å². The predicted molar refractivity (Wildman–Crippen MR) is 60.3 cm³/mol. The van der Waals surface area contributed by atoms with E-state index in [4.69, 9.17) is 0 Å². The van der Waals surface area contributed by atoms with Crippen molar-refractivity contribution in [3.8, 4) is 0 Å². The smallest absolute Gasteiger partial charge is 0.00720 e. The number of rotatable bonds is 4. The summed E-state index contributed by atoms with van der Waals surface area (Å²) < 4.78 is 0. The van der Waals surface area contributed by atoms with Gasteiger partial charge in [0.2, 0.25) is 0 Å². The number of alkyl halides is 1. The van der Waals surface area contributed by atoms with Crippen LogP contribution < -0.4 is 0 Å². The molecular formula is C10H13BrS. The Balaban J connectivity index is 2.58. The molecule has 0 amide bonds. The minimum absolute atomic E-state index is 1.05. The zero-order valence-electron chi connectivity index (χ0n) is 7.22. The maximum Gasteiger partial charge on any atom is 0.00720 e. The van der Waals surface area contributed by atoms with Gasteiger partial charge in [-0.1, -0.05) is 35.0 Å². The molecule has 0 spiro atoms. The molecule has 2 heteroatoms. The number of halogens is 1. The highest BCUT2D eigenvalue weighted by molar-refractivity contribution is 9.09. The molecule has 1 aromatic carbocycles. The third kappa shape index (κ3) is 3.20. The first-order valence-electron chi connectivity index (χ1n) is 4.14. The highest BCUT2D eigenvalue weighted by Gasteiger charge is 1.92. The Morgan fingerprint density at radius 1 is 1.25 bits per heavy atom. The Morgan fingerprint density at radius 3 is 2.42 bits per heavy atom. The molecule has 1 rings (SSSR count). The van der Waals surface area contributed by atoms with E-state index in [1.54, 1.807) is 0 Å². The molecule has 0 aliphatic carbocycles. The number of aryl methyl sites for hydroxylation is 1. The quantitative estimate of drug-likeness (QED) is 0.575. The molecular weight excluding hydrogens is 232 g/mol. The fraction of sp³-hybridized carbons (Fsp3) is 0.400. The summed E-state index contributed by atoms with van der Waals surface area (Å²) in [6.07, 6.45) is 1.12. The van der Waals surface area contributed by atoms with Crippen molar-refractivity contribution >= 4 is 27.7 Å². The van der Waals surface area contributed by atoms with Gasteiger partial charge in [0.1, 0.15) is 0 Å². The second-order valence-electron chi connectivity index (χ2n) is 2.52. The van der Waals surface area contributed by atoms with Crippen molar-refractivity contribution in [2.75, 3.05) is 11.1 Å². The van der Waals surface area contributed by atoms with Crippen LogP contribution in [0.5, 0.6) is 0 Å². The summed E-state index contributed by atoms with van der Waals surface area (Å²) in [5, 5.41) is 1.05. The Morgan fingerprint density at radius 2 is 1.92 bits per heavy atom. The van der Waals surface area contributed by atoms with Crippen molar-refractivity contribution < 1.29 is 0 Å². The van der Waals surface area contributed by atoms with Crippen LogP contribution >= 0.6 is 27.7 Å². The van der Waals surface area contributed by atoms with E-state index in [-0.39, 0.29) is 0 Å². The molecule has 0 saturated heterocycles. The molecule has 0 unspecified atom stereocenters. The number of benzene rings is 1. The molecule has 0 atom stereocenters. The second-order valence-corrected chi connectivity index (χ2v) is 4.65. The Kier molecular flexibility index (Phi) is 4.77. The zero-order chi connectivity index (χ0) is 8.81. The monoisotopic (exact) mass is 244 g/mol. The van der Waals surface area contributed by atoms with Crippen LogP contribution in [0.15, 0.2) is 29.2 Å². The van der Waals surface area contributed by atoms with E-state index in [9.17, 15) is 0 Å². The van der Waals surface area contributed by atoms with Gasteiger partial charge in [-0.2, -0.15) is 0 Å². The van der Waals surface area contributed by atoms with Crippen molar-refractivity contribution in [1.29, 1.82) is 0 Å². The summed E-state index contributed by atoms with van der Waals surface area (Å²) in [5.41, 5.74) is 1.41. The number of hydrogen-bond acceptors (Lipinski definition) is 1. The largest absolute Gasteiger partial charge is 0.126 e. The maximum absolute atomic E-state index is 3.43. The summed E-state index contributed by atoms with van der Waals surface area (Å²) in [6, 6.07) is 8.82. The summed E-state index contributed by atoms with van der Waals surface area (Å²) in [6.45, 7) is 2.18. The van der Waals surface area contributed by atoms with Crippen LogP contribution in [-0.4, -0.2) is 11.1 Å². The summed E-state index contributed by atoms with van der Waals surface area (Å²) in [7, 11) is 0. The standard InChI is InChI=1S/C10H13BrS/c1-2-12-10-5-3-9(4-6-10)7-8-11/h3-6H,2,7-8H2,1H3. The molecule has 0 aromatic heterocycles. The first kappa shape index (κ1) is 10.1. The van der Waals surface area contributed by atoms with E-state index in [0.717, 1.165) is 17.5 Å². The van der Waals surface area contributed by atoms with Gasteiger partial charge in [0.15, 0.2) is 0 Å². The molecule has 0 aliphatic heterocycles. The van der Waals surface area contributed by atoms with Crippen LogP contribution in [0.2, 0.25) is 0 Å². The molecule has 0 radical (unpaired) electrons. The van der Waals surface area contributed by atoms with Crippen molar-refractivity contribution in [3.63, 3.8) is 0 Å². The minimum Gasteiger partial charge on any atom is -0.126 e.